The van der Waals surface area contributed by atoms with Crippen LogP contribution in [0.5, 0.6) is 5.75 Å². The van der Waals surface area contributed by atoms with Gasteiger partial charge in [0, 0.05) is 22.1 Å². The van der Waals surface area contributed by atoms with Crippen molar-refractivity contribution in [3.63, 3.8) is 0 Å². The lowest BCUT2D eigenvalue weighted by molar-refractivity contribution is 0.0498. The maximum atomic E-state index is 6.35. The van der Waals surface area contributed by atoms with Gasteiger partial charge < -0.3 is 10.1 Å². The Morgan fingerprint density at radius 1 is 1.27 bits per heavy atom. The van der Waals surface area contributed by atoms with E-state index in [0.29, 0.717) is 5.11 Å². The third-order valence-electron chi connectivity index (χ3n) is 4.25. The Kier molecular flexibility index (Phi) is 3.16. The number of ether oxygens (including phenoxy) is 1. The predicted molar refractivity (Wildman–Crippen MR) is 95.2 cm³/mol. The molecular formula is C17H15BrN2OS. The number of rotatable bonds is 1. The van der Waals surface area contributed by atoms with Gasteiger partial charge in [-0.1, -0.05) is 40.2 Å². The minimum Gasteiger partial charge on any atom is -0.467 e. The van der Waals surface area contributed by atoms with Gasteiger partial charge in [0.05, 0.1) is 6.04 Å². The van der Waals surface area contributed by atoms with Crippen LogP contribution >= 0.6 is 28.1 Å². The monoisotopic (exact) mass is 374 g/mol. The first kappa shape index (κ1) is 14.0. The van der Waals surface area contributed by atoms with E-state index in [0.717, 1.165) is 22.3 Å². The second-order valence-electron chi connectivity index (χ2n) is 5.84. The van der Waals surface area contributed by atoms with Crippen LogP contribution in [0.1, 0.15) is 24.9 Å². The van der Waals surface area contributed by atoms with Crippen LogP contribution in [0.3, 0.4) is 0 Å². The molecule has 5 heteroatoms. The molecule has 1 saturated heterocycles. The number of para-hydroxylation sites is 1. The summed E-state index contributed by atoms with van der Waals surface area (Å²) in [4.78, 5) is 2.07. The number of hydrogen-bond acceptors (Lipinski definition) is 2. The summed E-state index contributed by atoms with van der Waals surface area (Å²) in [5, 5.41) is 4.16. The number of fused-ring (bicyclic) bond motifs is 4. The lowest BCUT2D eigenvalue weighted by atomic mass is 9.90. The average Bonchev–Trinajstić information content (AvgIpc) is 2.46. The van der Waals surface area contributed by atoms with Crippen molar-refractivity contribution in [1.29, 1.82) is 0 Å². The van der Waals surface area contributed by atoms with Gasteiger partial charge in [0.15, 0.2) is 10.8 Å². The first-order valence-corrected chi connectivity index (χ1v) is 8.41. The quantitative estimate of drug-likeness (QED) is 0.748. The largest absolute Gasteiger partial charge is 0.467 e. The molecule has 22 heavy (non-hydrogen) atoms. The maximum Gasteiger partial charge on any atom is 0.188 e. The van der Waals surface area contributed by atoms with E-state index in [1.807, 2.05) is 36.4 Å². The van der Waals surface area contributed by atoms with Gasteiger partial charge in [0.1, 0.15) is 5.75 Å². The summed E-state index contributed by atoms with van der Waals surface area (Å²) in [6.07, 6.45) is 0.844. The predicted octanol–water partition coefficient (Wildman–Crippen LogP) is 4.38. The minimum atomic E-state index is -0.484. The van der Waals surface area contributed by atoms with E-state index in [-0.39, 0.29) is 6.04 Å². The van der Waals surface area contributed by atoms with Gasteiger partial charge in [0.25, 0.3) is 0 Å². The fraction of sp³-hybridized carbons (Fsp3) is 0.235. The Morgan fingerprint density at radius 2 is 2.09 bits per heavy atom. The first-order valence-electron chi connectivity index (χ1n) is 7.21. The molecule has 2 unspecified atom stereocenters. The Hall–Kier alpha value is -1.59. The molecule has 2 heterocycles. The standard InChI is InChI=1S/C17H15BrN2OS/c1-17-10-14(13-7-2-3-8-15(13)21-17)19-16(22)20(17)12-6-4-5-11(18)9-12/h2-9,14H,10H2,1H3,(H,19,22). The molecule has 1 N–H and O–H groups in total. The molecule has 112 valence electrons. The molecule has 2 aliphatic rings. The molecule has 2 atom stereocenters. The van der Waals surface area contributed by atoms with Gasteiger partial charge in [-0.05, 0) is 43.4 Å². The zero-order valence-corrected chi connectivity index (χ0v) is 14.4. The molecule has 0 aromatic heterocycles. The summed E-state index contributed by atoms with van der Waals surface area (Å²) in [6.45, 7) is 2.10. The van der Waals surface area contributed by atoms with Crippen LogP contribution in [0.15, 0.2) is 53.0 Å². The lowest BCUT2D eigenvalue weighted by Gasteiger charge is -2.52. The van der Waals surface area contributed by atoms with E-state index in [1.54, 1.807) is 0 Å². The Balaban J connectivity index is 1.82. The second kappa shape index (κ2) is 4.96. The zero-order valence-electron chi connectivity index (χ0n) is 12.0. The highest BCUT2D eigenvalue weighted by Gasteiger charge is 2.48. The molecule has 2 aromatic rings. The summed E-state index contributed by atoms with van der Waals surface area (Å²) < 4.78 is 7.37. The number of nitrogens with one attached hydrogen (secondary N) is 1. The van der Waals surface area contributed by atoms with Crippen LogP contribution in [-0.2, 0) is 0 Å². The molecule has 3 nitrogen and oxygen atoms in total. The van der Waals surface area contributed by atoms with E-state index in [2.05, 4.69) is 45.2 Å². The highest BCUT2D eigenvalue weighted by atomic mass is 79.9. The topological polar surface area (TPSA) is 24.5 Å². The van der Waals surface area contributed by atoms with Crippen molar-refractivity contribution in [1.82, 2.24) is 5.32 Å². The third kappa shape index (κ3) is 2.11. The molecular weight excluding hydrogens is 360 g/mol. The first-order chi connectivity index (χ1) is 10.6. The van der Waals surface area contributed by atoms with Crippen LogP contribution in [0, 0.1) is 0 Å². The number of nitrogens with zero attached hydrogens (tertiary/aromatic N) is 1. The summed E-state index contributed by atoms with van der Waals surface area (Å²) in [7, 11) is 0. The van der Waals surface area contributed by atoms with Crippen molar-refractivity contribution in [3.8, 4) is 5.75 Å². The lowest BCUT2D eigenvalue weighted by Crippen LogP contribution is -2.65. The normalized spacial score (nSPS) is 26.0. The number of thiocarbonyl (C=S) groups is 1. The fourth-order valence-electron chi connectivity index (χ4n) is 3.33. The molecule has 1 fully saturated rings. The van der Waals surface area contributed by atoms with Crippen molar-refractivity contribution >= 4 is 38.9 Å². The highest BCUT2D eigenvalue weighted by molar-refractivity contribution is 9.10. The molecule has 0 aliphatic carbocycles. The molecule has 0 saturated carbocycles. The van der Waals surface area contributed by atoms with Crippen LogP contribution in [0.2, 0.25) is 0 Å². The average molecular weight is 375 g/mol. The Morgan fingerprint density at radius 3 is 2.91 bits per heavy atom. The second-order valence-corrected chi connectivity index (χ2v) is 7.14. The van der Waals surface area contributed by atoms with Crippen LogP contribution in [0.25, 0.3) is 0 Å². The van der Waals surface area contributed by atoms with Gasteiger partial charge in [-0.3, -0.25) is 4.90 Å². The van der Waals surface area contributed by atoms with E-state index < -0.39 is 5.72 Å². The number of benzene rings is 2. The molecule has 0 spiro atoms. The molecule has 4 rings (SSSR count). The number of anilines is 1. The summed E-state index contributed by atoms with van der Waals surface area (Å²) in [5.41, 5.74) is 1.71. The van der Waals surface area contributed by atoms with E-state index >= 15 is 0 Å². The van der Waals surface area contributed by atoms with Gasteiger partial charge in [-0.25, -0.2) is 0 Å². The summed E-state index contributed by atoms with van der Waals surface area (Å²) >= 11 is 9.16. The van der Waals surface area contributed by atoms with E-state index in [4.69, 9.17) is 17.0 Å². The number of halogens is 1. The summed E-state index contributed by atoms with van der Waals surface area (Å²) in [6, 6.07) is 16.5. The SMILES string of the molecule is CC12CC(NC(=S)N1c1cccc(Br)c1)c1ccccc1O2. The number of hydrogen-bond donors (Lipinski definition) is 1. The van der Waals surface area contributed by atoms with E-state index in [1.165, 1.54) is 5.56 Å². The molecule has 0 radical (unpaired) electrons. The van der Waals surface area contributed by atoms with Gasteiger partial charge in [0.2, 0.25) is 0 Å². The molecule has 0 amide bonds. The van der Waals surface area contributed by atoms with Crippen molar-refractivity contribution in [3.05, 3.63) is 58.6 Å². The van der Waals surface area contributed by atoms with Crippen LogP contribution < -0.4 is 15.0 Å². The summed E-state index contributed by atoms with van der Waals surface area (Å²) in [5.74, 6) is 0.927. The molecule has 2 aliphatic heterocycles. The van der Waals surface area contributed by atoms with Gasteiger partial charge >= 0.3 is 0 Å². The van der Waals surface area contributed by atoms with Crippen LogP contribution in [-0.4, -0.2) is 10.8 Å². The minimum absolute atomic E-state index is 0.200. The van der Waals surface area contributed by atoms with Crippen molar-refractivity contribution in [2.75, 3.05) is 4.90 Å². The Labute approximate surface area is 143 Å². The highest BCUT2D eigenvalue weighted by Crippen LogP contribution is 2.45. The third-order valence-corrected chi connectivity index (χ3v) is 5.04. The molecule has 2 aromatic carbocycles. The maximum absolute atomic E-state index is 6.35. The zero-order chi connectivity index (χ0) is 15.3. The smallest absolute Gasteiger partial charge is 0.188 e. The van der Waals surface area contributed by atoms with E-state index in [9.17, 15) is 0 Å². The van der Waals surface area contributed by atoms with Gasteiger partial charge in [-0.15, -0.1) is 0 Å². The van der Waals surface area contributed by atoms with Crippen molar-refractivity contribution in [2.24, 2.45) is 0 Å². The van der Waals surface area contributed by atoms with Crippen molar-refractivity contribution < 1.29 is 4.74 Å². The van der Waals surface area contributed by atoms with Crippen molar-refractivity contribution in [2.45, 2.75) is 25.1 Å². The van der Waals surface area contributed by atoms with Gasteiger partial charge in [-0.2, -0.15) is 0 Å². The fourth-order valence-corrected chi connectivity index (χ4v) is 4.16. The van der Waals surface area contributed by atoms with Crippen LogP contribution in [0.4, 0.5) is 5.69 Å². The Bertz CT molecular complexity index is 766. The molecule has 2 bridgehead atoms.